The molecule has 130 valence electrons. The van der Waals surface area contributed by atoms with E-state index in [-0.39, 0.29) is 17.9 Å². The molecule has 1 aliphatic heterocycles. The fourth-order valence-corrected chi connectivity index (χ4v) is 3.25. The van der Waals surface area contributed by atoms with E-state index < -0.39 is 0 Å². The van der Waals surface area contributed by atoms with Crippen molar-refractivity contribution in [2.75, 3.05) is 6.54 Å². The van der Waals surface area contributed by atoms with Crippen LogP contribution >= 0.6 is 11.6 Å². The molecular formula is C20H21ClN2O2. The molecule has 1 saturated heterocycles. The first-order valence-corrected chi connectivity index (χ1v) is 8.87. The highest BCUT2D eigenvalue weighted by molar-refractivity contribution is 6.30. The Kier molecular flexibility index (Phi) is 5.71. The number of hydrogen-bond acceptors (Lipinski definition) is 2. The molecule has 4 nitrogen and oxygen atoms in total. The summed E-state index contributed by atoms with van der Waals surface area (Å²) in [6.45, 7) is 1.12. The van der Waals surface area contributed by atoms with Gasteiger partial charge in [0.05, 0.1) is 6.42 Å². The molecule has 1 N–H and O–H groups in total. The van der Waals surface area contributed by atoms with Gasteiger partial charge in [0.25, 0.3) is 0 Å². The molecule has 2 aromatic rings. The lowest BCUT2D eigenvalue weighted by Gasteiger charge is -2.24. The van der Waals surface area contributed by atoms with Crippen LogP contribution in [0.5, 0.6) is 0 Å². The van der Waals surface area contributed by atoms with Crippen molar-refractivity contribution in [3.8, 4) is 0 Å². The highest BCUT2D eigenvalue weighted by Crippen LogP contribution is 2.20. The Hall–Kier alpha value is -2.33. The Balaban J connectivity index is 1.58. The Morgan fingerprint density at radius 1 is 1.04 bits per heavy atom. The molecule has 5 heteroatoms. The summed E-state index contributed by atoms with van der Waals surface area (Å²) in [5.41, 5.74) is 1.96. The van der Waals surface area contributed by atoms with Crippen LogP contribution in [0.2, 0.25) is 5.02 Å². The Morgan fingerprint density at radius 2 is 1.76 bits per heavy atom. The second kappa shape index (κ2) is 8.17. The summed E-state index contributed by atoms with van der Waals surface area (Å²) in [7, 11) is 0. The molecule has 0 aromatic heterocycles. The normalized spacial score (nSPS) is 16.7. The molecule has 0 bridgehead atoms. The monoisotopic (exact) mass is 356 g/mol. The van der Waals surface area contributed by atoms with Gasteiger partial charge < -0.3 is 10.2 Å². The van der Waals surface area contributed by atoms with E-state index in [0.29, 0.717) is 31.0 Å². The molecule has 0 aliphatic carbocycles. The lowest BCUT2D eigenvalue weighted by Crippen LogP contribution is -2.46. The minimum atomic E-state index is -0.372. The molecule has 1 fully saturated rings. The van der Waals surface area contributed by atoms with Gasteiger partial charge in [0.1, 0.15) is 6.04 Å². The summed E-state index contributed by atoms with van der Waals surface area (Å²) in [5.74, 6) is -0.0921. The summed E-state index contributed by atoms with van der Waals surface area (Å²) >= 11 is 5.88. The zero-order valence-electron chi connectivity index (χ0n) is 14.0. The Morgan fingerprint density at radius 3 is 2.48 bits per heavy atom. The first kappa shape index (κ1) is 17.5. The molecule has 0 radical (unpaired) electrons. The van der Waals surface area contributed by atoms with Crippen molar-refractivity contribution >= 4 is 23.4 Å². The molecule has 2 amide bonds. The summed E-state index contributed by atoms with van der Waals surface area (Å²) in [6, 6.07) is 16.6. The molecular weight excluding hydrogens is 336 g/mol. The molecule has 0 spiro atoms. The fraction of sp³-hybridized carbons (Fsp3) is 0.300. The smallest absolute Gasteiger partial charge is 0.243 e. The van der Waals surface area contributed by atoms with Crippen LogP contribution in [-0.2, 0) is 22.6 Å². The third-order valence-corrected chi connectivity index (χ3v) is 4.71. The van der Waals surface area contributed by atoms with Crippen LogP contribution in [0.3, 0.4) is 0 Å². The number of carbonyl (C=O) groups excluding carboxylic acids is 2. The number of nitrogens with zero attached hydrogens (tertiary/aromatic N) is 1. The van der Waals surface area contributed by atoms with Gasteiger partial charge in [-0.25, -0.2) is 0 Å². The summed E-state index contributed by atoms with van der Waals surface area (Å²) in [4.78, 5) is 26.8. The van der Waals surface area contributed by atoms with Crippen molar-refractivity contribution in [1.29, 1.82) is 0 Å². The summed E-state index contributed by atoms with van der Waals surface area (Å²) < 4.78 is 0. The Bertz CT molecular complexity index is 731. The zero-order chi connectivity index (χ0) is 17.6. The topological polar surface area (TPSA) is 49.4 Å². The van der Waals surface area contributed by atoms with Crippen LogP contribution in [0, 0.1) is 0 Å². The third kappa shape index (κ3) is 4.60. The van der Waals surface area contributed by atoms with E-state index in [1.54, 1.807) is 17.0 Å². The molecule has 1 aliphatic rings. The van der Waals surface area contributed by atoms with Crippen LogP contribution in [0.15, 0.2) is 54.6 Å². The van der Waals surface area contributed by atoms with E-state index in [0.717, 1.165) is 17.5 Å². The number of hydrogen-bond donors (Lipinski definition) is 1. The van der Waals surface area contributed by atoms with E-state index in [1.165, 1.54) is 0 Å². The predicted molar refractivity (Wildman–Crippen MR) is 98.2 cm³/mol. The van der Waals surface area contributed by atoms with Gasteiger partial charge in [-0.05, 0) is 36.1 Å². The molecule has 0 saturated carbocycles. The molecule has 0 unspecified atom stereocenters. The second-order valence-corrected chi connectivity index (χ2v) is 6.69. The average Bonchev–Trinajstić information content (AvgIpc) is 3.12. The molecule has 3 rings (SSSR count). The van der Waals surface area contributed by atoms with Crippen molar-refractivity contribution in [3.63, 3.8) is 0 Å². The van der Waals surface area contributed by atoms with Crippen LogP contribution < -0.4 is 5.32 Å². The van der Waals surface area contributed by atoms with Gasteiger partial charge in [0.15, 0.2) is 0 Å². The predicted octanol–water partition coefficient (Wildman–Crippen LogP) is 3.19. The summed E-state index contributed by atoms with van der Waals surface area (Å²) in [6.07, 6.45) is 1.86. The number of rotatable bonds is 5. The first-order chi connectivity index (χ1) is 12.1. The van der Waals surface area contributed by atoms with Gasteiger partial charge in [0.2, 0.25) is 11.8 Å². The van der Waals surface area contributed by atoms with Crippen molar-refractivity contribution in [1.82, 2.24) is 10.2 Å². The van der Waals surface area contributed by atoms with E-state index in [9.17, 15) is 9.59 Å². The van der Waals surface area contributed by atoms with Crippen LogP contribution in [0.25, 0.3) is 0 Å². The van der Waals surface area contributed by atoms with Crippen LogP contribution in [0.1, 0.15) is 24.0 Å². The van der Waals surface area contributed by atoms with E-state index in [1.807, 2.05) is 42.5 Å². The zero-order valence-corrected chi connectivity index (χ0v) is 14.7. The first-order valence-electron chi connectivity index (χ1n) is 8.49. The highest BCUT2D eigenvalue weighted by atomic mass is 35.5. The fourth-order valence-electron chi connectivity index (χ4n) is 3.12. The number of nitrogens with one attached hydrogen (secondary N) is 1. The van der Waals surface area contributed by atoms with Crippen molar-refractivity contribution in [3.05, 3.63) is 70.7 Å². The average molecular weight is 357 g/mol. The molecule has 25 heavy (non-hydrogen) atoms. The SMILES string of the molecule is O=C(NCc1ccccc1)[C@H]1CCCN1C(=O)Cc1ccc(Cl)cc1. The van der Waals surface area contributed by atoms with Gasteiger partial charge in [-0.1, -0.05) is 54.1 Å². The van der Waals surface area contributed by atoms with E-state index in [2.05, 4.69) is 5.32 Å². The van der Waals surface area contributed by atoms with Crippen LogP contribution in [0.4, 0.5) is 0 Å². The quantitative estimate of drug-likeness (QED) is 0.894. The number of benzene rings is 2. The number of amides is 2. The van der Waals surface area contributed by atoms with Crippen molar-refractivity contribution < 1.29 is 9.59 Å². The van der Waals surface area contributed by atoms with Gasteiger partial charge in [-0.3, -0.25) is 9.59 Å². The minimum Gasteiger partial charge on any atom is -0.350 e. The van der Waals surface area contributed by atoms with Gasteiger partial charge in [0, 0.05) is 18.1 Å². The van der Waals surface area contributed by atoms with Gasteiger partial charge >= 0.3 is 0 Å². The van der Waals surface area contributed by atoms with Gasteiger partial charge in [-0.15, -0.1) is 0 Å². The standard InChI is InChI=1S/C20H21ClN2O2/c21-17-10-8-15(9-11-17)13-19(24)23-12-4-7-18(23)20(25)22-14-16-5-2-1-3-6-16/h1-3,5-6,8-11,18H,4,7,12-14H2,(H,22,25)/t18-/m1/s1. The lowest BCUT2D eigenvalue weighted by molar-refractivity contribution is -0.138. The Labute approximate surface area is 152 Å². The van der Waals surface area contributed by atoms with E-state index in [4.69, 9.17) is 11.6 Å². The van der Waals surface area contributed by atoms with Crippen LogP contribution in [-0.4, -0.2) is 29.3 Å². The van der Waals surface area contributed by atoms with Crippen molar-refractivity contribution in [2.24, 2.45) is 0 Å². The lowest BCUT2D eigenvalue weighted by atomic mass is 10.1. The third-order valence-electron chi connectivity index (χ3n) is 4.45. The second-order valence-electron chi connectivity index (χ2n) is 6.25. The number of carbonyl (C=O) groups is 2. The minimum absolute atomic E-state index is 0.0142. The van der Waals surface area contributed by atoms with Gasteiger partial charge in [-0.2, -0.15) is 0 Å². The highest BCUT2D eigenvalue weighted by Gasteiger charge is 2.33. The number of halogens is 1. The maximum Gasteiger partial charge on any atom is 0.243 e. The largest absolute Gasteiger partial charge is 0.350 e. The maximum absolute atomic E-state index is 12.6. The molecule has 2 aromatic carbocycles. The van der Waals surface area contributed by atoms with E-state index >= 15 is 0 Å². The maximum atomic E-state index is 12.6. The number of likely N-dealkylation sites (tertiary alicyclic amines) is 1. The molecule has 1 atom stereocenters. The van der Waals surface area contributed by atoms with Crippen molar-refractivity contribution in [2.45, 2.75) is 31.8 Å². The molecule has 1 heterocycles. The summed E-state index contributed by atoms with van der Waals surface area (Å²) in [5, 5.41) is 3.60.